The van der Waals surface area contributed by atoms with Crippen LogP contribution in [0.4, 0.5) is 0 Å². The molecule has 0 amide bonds. The number of ether oxygens (including phenoxy) is 1. The van der Waals surface area contributed by atoms with Gasteiger partial charge in [0.15, 0.2) is 0 Å². The number of hydrogen-bond donors (Lipinski definition) is 2. The van der Waals surface area contributed by atoms with E-state index in [-0.39, 0.29) is 0 Å². The van der Waals surface area contributed by atoms with Crippen molar-refractivity contribution in [3.63, 3.8) is 0 Å². The van der Waals surface area contributed by atoms with E-state index in [1.54, 1.807) is 6.92 Å². The Hall–Kier alpha value is -0.870. The molecule has 0 radical (unpaired) electrons. The van der Waals surface area contributed by atoms with Crippen LogP contribution in [0.5, 0.6) is 0 Å². The molecule has 1 aliphatic rings. The number of cyclic esters (lactones) is 1. The smallest absolute Gasteiger partial charge is 0.336 e. The Kier molecular flexibility index (Phi) is 4.96. The molecule has 0 saturated carbocycles. The third-order valence-electron chi connectivity index (χ3n) is 2.91. The van der Waals surface area contributed by atoms with Crippen LogP contribution in [-0.4, -0.2) is 28.6 Å². The summed E-state index contributed by atoms with van der Waals surface area (Å²) in [5, 5.41) is 19.3. The van der Waals surface area contributed by atoms with Gasteiger partial charge in [-0.2, -0.15) is 0 Å². The van der Waals surface area contributed by atoms with Gasteiger partial charge in [-0.3, -0.25) is 0 Å². The van der Waals surface area contributed by atoms with E-state index >= 15 is 0 Å². The highest BCUT2D eigenvalue weighted by atomic mass is 16.6. The average Bonchev–Trinajstić information content (AvgIpc) is 2.48. The maximum absolute atomic E-state index is 11.1. The molecule has 1 heterocycles. The lowest BCUT2D eigenvalue weighted by Crippen LogP contribution is -2.20. The van der Waals surface area contributed by atoms with E-state index in [1.165, 1.54) is 0 Å². The van der Waals surface area contributed by atoms with Crippen LogP contribution in [0.2, 0.25) is 0 Å². The normalized spacial score (nSPS) is 22.5. The number of aliphatic hydroxyl groups excluding tert-OH is 2. The number of rotatable bonds is 6. The number of carbonyl (C=O) groups excluding carboxylic acids is 1. The van der Waals surface area contributed by atoms with Gasteiger partial charge in [-0.25, -0.2) is 4.79 Å². The summed E-state index contributed by atoms with van der Waals surface area (Å²) in [7, 11) is 0. The molecular weight excluding hydrogens is 208 g/mol. The molecule has 2 N–H and O–H groups in total. The number of hydrogen-bond acceptors (Lipinski definition) is 4. The molecule has 0 saturated heterocycles. The second kappa shape index (κ2) is 6.01. The van der Waals surface area contributed by atoms with Crippen molar-refractivity contribution < 1.29 is 19.7 Å². The van der Waals surface area contributed by atoms with Crippen LogP contribution in [0.1, 0.15) is 46.0 Å². The Morgan fingerprint density at radius 3 is 2.56 bits per heavy atom. The van der Waals surface area contributed by atoms with Crippen molar-refractivity contribution in [2.45, 2.75) is 58.3 Å². The first-order valence-corrected chi connectivity index (χ1v) is 5.85. The largest absolute Gasteiger partial charge is 0.428 e. The quantitative estimate of drug-likeness (QED) is 0.534. The number of esters is 1. The Morgan fingerprint density at radius 2 is 2.06 bits per heavy atom. The van der Waals surface area contributed by atoms with Gasteiger partial charge in [-0.15, -0.1) is 0 Å². The molecule has 2 atom stereocenters. The fourth-order valence-corrected chi connectivity index (χ4v) is 1.89. The topological polar surface area (TPSA) is 66.8 Å². The third kappa shape index (κ3) is 3.06. The monoisotopic (exact) mass is 228 g/mol. The van der Waals surface area contributed by atoms with Crippen LogP contribution >= 0.6 is 0 Å². The first-order valence-electron chi connectivity index (χ1n) is 5.85. The van der Waals surface area contributed by atoms with E-state index in [1.807, 2.05) is 0 Å². The summed E-state index contributed by atoms with van der Waals surface area (Å²) in [4.78, 5) is 11.1. The van der Waals surface area contributed by atoms with Gasteiger partial charge in [-0.1, -0.05) is 32.6 Å². The first kappa shape index (κ1) is 13.2. The minimum Gasteiger partial charge on any atom is -0.428 e. The van der Waals surface area contributed by atoms with E-state index in [2.05, 4.69) is 11.7 Å². The number of unbranched alkanes of at least 4 members (excludes halogenated alkanes) is 3. The zero-order valence-electron chi connectivity index (χ0n) is 9.90. The molecule has 0 aromatic carbocycles. The number of aliphatic hydroxyl groups is 2. The molecule has 0 fully saturated rings. The van der Waals surface area contributed by atoms with Crippen molar-refractivity contribution in [1.82, 2.24) is 0 Å². The fraction of sp³-hybridized carbons (Fsp3) is 0.750. The molecule has 1 rings (SSSR count). The van der Waals surface area contributed by atoms with Crippen LogP contribution < -0.4 is 0 Å². The van der Waals surface area contributed by atoms with Crippen molar-refractivity contribution >= 4 is 5.97 Å². The van der Waals surface area contributed by atoms with E-state index in [0.29, 0.717) is 17.6 Å². The minimum absolute atomic E-state index is 0.335. The Labute approximate surface area is 95.9 Å². The fourth-order valence-electron chi connectivity index (χ4n) is 1.89. The van der Waals surface area contributed by atoms with Crippen molar-refractivity contribution in [2.75, 3.05) is 0 Å². The van der Waals surface area contributed by atoms with Crippen molar-refractivity contribution in [3.8, 4) is 0 Å². The zero-order chi connectivity index (χ0) is 12.1. The lowest BCUT2D eigenvalue weighted by Gasteiger charge is -2.14. The van der Waals surface area contributed by atoms with Gasteiger partial charge >= 0.3 is 5.97 Å². The number of carbonyl (C=O) groups is 1. The summed E-state index contributed by atoms with van der Waals surface area (Å²) < 4.78 is 4.62. The third-order valence-corrected chi connectivity index (χ3v) is 2.91. The summed E-state index contributed by atoms with van der Waals surface area (Å²) in [6.45, 7) is 3.69. The lowest BCUT2D eigenvalue weighted by molar-refractivity contribution is -0.152. The molecule has 92 valence electrons. The molecule has 0 aliphatic carbocycles. The van der Waals surface area contributed by atoms with Gasteiger partial charge in [0.2, 0.25) is 6.29 Å². The standard InChI is InChI=1S/C12H20O4/c1-3-4-5-6-7-9(13)10-8(2)11(14)16-12(10)15/h9,12-13,15H,3-7H2,1-2H3. The molecule has 16 heavy (non-hydrogen) atoms. The maximum atomic E-state index is 11.1. The zero-order valence-corrected chi connectivity index (χ0v) is 9.90. The van der Waals surface area contributed by atoms with Crippen LogP contribution in [0.3, 0.4) is 0 Å². The summed E-state index contributed by atoms with van der Waals surface area (Å²) in [6, 6.07) is 0. The summed E-state index contributed by atoms with van der Waals surface area (Å²) >= 11 is 0. The van der Waals surface area contributed by atoms with Crippen molar-refractivity contribution in [2.24, 2.45) is 0 Å². The molecule has 0 aromatic heterocycles. The molecule has 0 aromatic rings. The molecule has 0 spiro atoms. The summed E-state index contributed by atoms with van der Waals surface area (Å²) in [5.74, 6) is -0.532. The maximum Gasteiger partial charge on any atom is 0.336 e. The van der Waals surface area contributed by atoms with Gasteiger partial charge < -0.3 is 14.9 Å². The van der Waals surface area contributed by atoms with Gasteiger partial charge in [0, 0.05) is 11.1 Å². The van der Waals surface area contributed by atoms with Gasteiger partial charge in [-0.05, 0) is 13.3 Å². The van der Waals surface area contributed by atoms with Crippen molar-refractivity contribution in [3.05, 3.63) is 11.1 Å². The van der Waals surface area contributed by atoms with Gasteiger partial charge in [0.1, 0.15) is 0 Å². The predicted octanol–water partition coefficient (Wildman–Crippen LogP) is 1.51. The molecule has 1 aliphatic heterocycles. The Balaban J connectivity index is 2.47. The molecular formula is C12H20O4. The highest BCUT2D eigenvalue weighted by molar-refractivity contribution is 5.91. The Morgan fingerprint density at radius 1 is 1.38 bits per heavy atom. The van der Waals surface area contributed by atoms with Crippen LogP contribution in [0, 0.1) is 0 Å². The van der Waals surface area contributed by atoms with Crippen molar-refractivity contribution in [1.29, 1.82) is 0 Å². The van der Waals surface area contributed by atoms with Crippen LogP contribution in [-0.2, 0) is 9.53 Å². The lowest BCUT2D eigenvalue weighted by atomic mass is 9.99. The SMILES string of the molecule is CCCCCCC(O)C1=C(C)C(=O)OC1O. The van der Waals surface area contributed by atoms with Crippen LogP contribution in [0.25, 0.3) is 0 Å². The summed E-state index contributed by atoms with van der Waals surface area (Å²) in [6.07, 6.45) is 2.79. The Bertz CT molecular complexity index is 283. The molecule has 2 unspecified atom stereocenters. The van der Waals surface area contributed by atoms with Gasteiger partial charge in [0.05, 0.1) is 6.10 Å². The van der Waals surface area contributed by atoms with E-state index < -0.39 is 18.4 Å². The minimum atomic E-state index is -1.26. The second-order valence-corrected chi connectivity index (χ2v) is 4.20. The highest BCUT2D eigenvalue weighted by Gasteiger charge is 2.33. The highest BCUT2D eigenvalue weighted by Crippen LogP contribution is 2.26. The summed E-state index contributed by atoms with van der Waals surface area (Å²) in [5.41, 5.74) is 0.678. The van der Waals surface area contributed by atoms with E-state index in [0.717, 1.165) is 25.7 Å². The second-order valence-electron chi connectivity index (χ2n) is 4.20. The van der Waals surface area contributed by atoms with Gasteiger partial charge in [0.25, 0.3) is 0 Å². The van der Waals surface area contributed by atoms with E-state index in [9.17, 15) is 15.0 Å². The average molecular weight is 228 g/mol. The predicted molar refractivity (Wildman–Crippen MR) is 59.6 cm³/mol. The van der Waals surface area contributed by atoms with Crippen LogP contribution in [0.15, 0.2) is 11.1 Å². The molecule has 4 heteroatoms. The molecule has 0 bridgehead atoms. The molecule has 4 nitrogen and oxygen atoms in total. The first-order chi connectivity index (χ1) is 7.57. The van der Waals surface area contributed by atoms with E-state index in [4.69, 9.17) is 0 Å².